The van der Waals surface area contributed by atoms with Crippen LogP contribution in [0.1, 0.15) is 27.7 Å². The summed E-state index contributed by atoms with van der Waals surface area (Å²) in [6.07, 6.45) is 0. The van der Waals surface area contributed by atoms with E-state index in [0.717, 1.165) is 46.1 Å². The van der Waals surface area contributed by atoms with Crippen LogP contribution < -0.4 is 5.32 Å². The second kappa shape index (κ2) is 5.45. The lowest BCUT2D eigenvalue weighted by Crippen LogP contribution is -2.57. The fraction of sp³-hybridized carbons (Fsp3) is 1.00. The van der Waals surface area contributed by atoms with Gasteiger partial charge in [0.25, 0.3) is 0 Å². The topological polar surface area (TPSA) is 33.7 Å². The summed E-state index contributed by atoms with van der Waals surface area (Å²) in [4.78, 5) is 2.52. The summed E-state index contributed by atoms with van der Waals surface area (Å²) in [6.45, 7) is 15.7. The van der Waals surface area contributed by atoms with E-state index in [1.807, 2.05) is 0 Å². The zero-order valence-corrected chi connectivity index (χ0v) is 12.3. The summed E-state index contributed by atoms with van der Waals surface area (Å²) in [7, 11) is 0. The Labute approximate surface area is 111 Å². The Bertz CT molecular complexity index is 273. The quantitative estimate of drug-likeness (QED) is 0.817. The first-order chi connectivity index (χ1) is 8.42. The van der Waals surface area contributed by atoms with Gasteiger partial charge in [0.1, 0.15) is 0 Å². The first-order valence-electron chi connectivity index (χ1n) is 7.06. The first kappa shape index (κ1) is 14.3. The zero-order chi connectivity index (χ0) is 13.2. The van der Waals surface area contributed by atoms with Crippen LogP contribution in [-0.4, -0.2) is 62.5 Å². The Morgan fingerprint density at radius 2 is 1.89 bits per heavy atom. The van der Waals surface area contributed by atoms with Crippen LogP contribution in [0.15, 0.2) is 0 Å². The normalized spacial score (nSPS) is 29.7. The van der Waals surface area contributed by atoms with Crippen molar-refractivity contribution in [3.63, 3.8) is 0 Å². The van der Waals surface area contributed by atoms with Gasteiger partial charge in [0.05, 0.1) is 26.4 Å². The van der Waals surface area contributed by atoms with Gasteiger partial charge in [-0.1, -0.05) is 13.8 Å². The smallest absolute Gasteiger partial charge is 0.0626 e. The molecule has 0 saturated carbocycles. The monoisotopic (exact) mass is 256 g/mol. The van der Waals surface area contributed by atoms with Crippen LogP contribution in [0.5, 0.6) is 0 Å². The van der Waals surface area contributed by atoms with Crippen molar-refractivity contribution < 1.29 is 9.47 Å². The van der Waals surface area contributed by atoms with Crippen molar-refractivity contribution in [2.75, 3.05) is 46.1 Å². The lowest BCUT2D eigenvalue weighted by molar-refractivity contribution is -0.0111. The molecule has 4 heteroatoms. The van der Waals surface area contributed by atoms with E-state index in [1.54, 1.807) is 0 Å². The van der Waals surface area contributed by atoms with E-state index >= 15 is 0 Å². The maximum atomic E-state index is 5.59. The predicted octanol–water partition coefficient (Wildman–Crippen LogP) is 1.11. The summed E-state index contributed by atoms with van der Waals surface area (Å²) < 4.78 is 11.0. The van der Waals surface area contributed by atoms with Gasteiger partial charge in [0, 0.05) is 36.6 Å². The largest absolute Gasteiger partial charge is 0.379 e. The van der Waals surface area contributed by atoms with Gasteiger partial charge < -0.3 is 14.8 Å². The Morgan fingerprint density at radius 3 is 2.44 bits per heavy atom. The summed E-state index contributed by atoms with van der Waals surface area (Å²) in [5, 5.41) is 3.70. The second-order valence-electron chi connectivity index (χ2n) is 6.85. The predicted molar refractivity (Wildman–Crippen MR) is 72.9 cm³/mol. The molecular weight excluding hydrogens is 228 g/mol. The van der Waals surface area contributed by atoms with Crippen molar-refractivity contribution in [1.82, 2.24) is 10.2 Å². The Hall–Kier alpha value is -0.160. The Morgan fingerprint density at radius 1 is 1.22 bits per heavy atom. The van der Waals surface area contributed by atoms with E-state index in [4.69, 9.17) is 9.47 Å². The molecule has 0 bridgehead atoms. The molecule has 1 unspecified atom stereocenters. The van der Waals surface area contributed by atoms with Crippen LogP contribution in [0, 0.1) is 5.41 Å². The molecule has 0 spiro atoms. The molecule has 0 aromatic carbocycles. The van der Waals surface area contributed by atoms with Gasteiger partial charge in [-0.3, -0.25) is 4.90 Å². The van der Waals surface area contributed by atoms with Crippen LogP contribution in [0.4, 0.5) is 0 Å². The third-order valence-electron chi connectivity index (χ3n) is 4.35. The number of rotatable bonds is 4. The first-order valence-corrected chi connectivity index (χ1v) is 7.06. The highest BCUT2D eigenvalue weighted by Gasteiger charge is 2.37. The minimum Gasteiger partial charge on any atom is -0.379 e. The van der Waals surface area contributed by atoms with Crippen LogP contribution in [0.2, 0.25) is 0 Å². The molecule has 18 heavy (non-hydrogen) atoms. The van der Waals surface area contributed by atoms with Crippen molar-refractivity contribution in [3.05, 3.63) is 0 Å². The molecule has 2 fully saturated rings. The molecule has 0 aliphatic carbocycles. The highest BCUT2D eigenvalue weighted by atomic mass is 16.5. The molecule has 0 aromatic heterocycles. The molecule has 1 atom stereocenters. The van der Waals surface area contributed by atoms with E-state index in [2.05, 4.69) is 37.9 Å². The van der Waals surface area contributed by atoms with Crippen molar-refractivity contribution in [2.24, 2.45) is 5.41 Å². The Kier molecular flexibility index (Phi) is 4.32. The van der Waals surface area contributed by atoms with E-state index in [9.17, 15) is 0 Å². The second-order valence-corrected chi connectivity index (χ2v) is 6.85. The number of hydrogen-bond donors (Lipinski definition) is 1. The number of nitrogens with zero attached hydrogens (tertiary/aromatic N) is 1. The van der Waals surface area contributed by atoms with Crippen LogP contribution in [0.25, 0.3) is 0 Å². The van der Waals surface area contributed by atoms with Gasteiger partial charge >= 0.3 is 0 Å². The van der Waals surface area contributed by atoms with E-state index in [1.165, 1.54) is 0 Å². The molecule has 0 amide bonds. The summed E-state index contributed by atoms with van der Waals surface area (Å²) in [6, 6.07) is 0.470. The lowest BCUT2D eigenvalue weighted by Gasteiger charge is -2.42. The molecule has 2 heterocycles. The molecule has 2 rings (SSSR count). The number of hydrogen-bond acceptors (Lipinski definition) is 4. The average molecular weight is 256 g/mol. The Balaban J connectivity index is 1.84. The fourth-order valence-electron chi connectivity index (χ4n) is 2.75. The minimum atomic E-state index is 0.183. The van der Waals surface area contributed by atoms with Crippen molar-refractivity contribution in [2.45, 2.75) is 39.3 Å². The number of morpholine rings is 1. The average Bonchev–Trinajstić information content (AvgIpc) is 2.67. The van der Waals surface area contributed by atoms with Crippen molar-refractivity contribution >= 4 is 0 Å². The maximum Gasteiger partial charge on any atom is 0.0626 e. The third kappa shape index (κ3) is 3.23. The lowest BCUT2D eigenvalue weighted by atomic mass is 9.87. The minimum absolute atomic E-state index is 0.183. The molecular formula is C14H28N2O2. The van der Waals surface area contributed by atoms with E-state index < -0.39 is 0 Å². The highest BCUT2D eigenvalue weighted by molar-refractivity contribution is 4.92. The van der Waals surface area contributed by atoms with Gasteiger partial charge in [0.15, 0.2) is 0 Å². The number of nitrogens with one attached hydrogen (secondary N) is 1. The van der Waals surface area contributed by atoms with Gasteiger partial charge in [0.2, 0.25) is 0 Å². The fourth-order valence-corrected chi connectivity index (χ4v) is 2.75. The van der Waals surface area contributed by atoms with Gasteiger partial charge in [-0.25, -0.2) is 0 Å². The maximum absolute atomic E-state index is 5.59. The van der Waals surface area contributed by atoms with Gasteiger partial charge in [-0.15, -0.1) is 0 Å². The third-order valence-corrected chi connectivity index (χ3v) is 4.35. The molecule has 4 nitrogen and oxygen atoms in total. The molecule has 2 saturated heterocycles. The summed E-state index contributed by atoms with van der Waals surface area (Å²) >= 11 is 0. The molecule has 2 aliphatic rings. The summed E-state index contributed by atoms with van der Waals surface area (Å²) in [5.74, 6) is 0. The molecule has 1 N–H and O–H groups in total. The van der Waals surface area contributed by atoms with E-state index in [0.29, 0.717) is 6.04 Å². The molecule has 0 radical (unpaired) electrons. The highest BCUT2D eigenvalue weighted by Crippen LogP contribution is 2.28. The SMILES string of the molecule is CC1(C)COCC1NCC(C)(C)N1CCOCC1. The van der Waals surface area contributed by atoms with Crippen LogP contribution in [-0.2, 0) is 9.47 Å². The van der Waals surface area contributed by atoms with Gasteiger partial charge in [-0.05, 0) is 13.8 Å². The van der Waals surface area contributed by atoms with E-state index in [-0.39, 0.29) is 11.0 Å². The zero-order valence-electron chi connectivity index (χ0n) is 12.3. The molecule has 0 aromatic rings. The number of ether oxygens (including phenoxy) is 2. The van der Waals surface area contributed by atoms with Crippen LogP contribution >= 0.6 is 0 Å². The van der Waals surface area contributed by atoms with Crippen LogP contribution in [0.3, 0.4) is 0 Å². The molecule has 2 aliphatic heterocycles. The summed E-state index contributed by atoms with van der Waals surface area (Å²) in [5.41, 5.74) is 0.434. The van der Waals surface area contributed by atoms with Gasteiger partial charge in [-0.2, -0.15) is 0 Å². The molecule has 106 valence electrons. The van der Waals surface area contributed by atoms with Crippen molar-refractivity contribution in [3.8, 4) is 0 Å². The standard InChI is InChI=1S/C14H28N2O2/c1-13(2)11-18-9-12(13)15-10-14(3,4)16-5-7-17-8-6-16/h12,15H,5-11H2,1-4H3. The van der Waals surface area contributed by atoms with Crippen molar-refractivity contribution in [1.29, 1.82) is 0 Å².